The third kappa shape index (κ3) is 4.74. The summed E-state index contributed by atoms with van der Waals surface area (Å²) in [5, 5.41) is 3.54. The molecule has 0 bridgehead atoms. The minimum atomic E-state index is 0.925. The third-order valence-electron chi connectivity index (χ3n) is 3.53. The van der Waals surface area contributed by atoms with E-state index >= 15 is 0 Å². The normalized spacial score (nSPS) is 17.6. The van der Waals surface area contributed by atoms with Gasteiger partial charge in [0.2, 0.25) is 0 Å². The second kappa shape index (κ2) is 7.29. The predicted molar refractivity (Wildman–Crippen MR) is 74.9 cm³/mol. The molecule has 0 saturated heterocycles. The lowest BCUT2D eigenvalue weighted by Crippen LogP contribution is -2.24. The van der Waals surface area contributed by atoms with Crippen LogP contribution in [0.5, 0.6) is 0 Å². The minimum Gasteiger partial charge on any atom is -0.313 e. The Bertz CT molecular complexity index is 323. The van der Waals surface area contributed by atoms with E-state index in [0.29, 0.717) is 0 Å². The van der Waals surface area contributed by atoms with Gasteiger partial charge < -0.3 is 5.32 Å². The van der Waals surface area contributed by atoms with Crippen LogP contribution in [-0.2, 0) is 0 Å². The molecule has 0 amide bonds. The van der Waals surface area contributed by atoms with Gasteiger partial charge in [-0.3, -0.25) is 0 Å². The van der Waals surface area contributed by atoms with E-state index in [1.165, 1.54) is 44.2 Å². The topological polar surface area (TPSA) is 12.0 Å². The van der Waals surface area contributed by atoms with Gasteiger partial charge in [-0.1, -0.05) is 61.7 Å². The zero-order valence-electron chi connectivity index (χ0n) is 10.6. The predicted octanol–water partition coefficient (Wildman–Crippen LogP) is 3.87. The first-order chi connectivity index (χ1) is 8.45. The van der Waals surface area contributed by atoms with Gasteiger partial charge in [-0.15, -0.1) is 0 Å². The van der Waals surface area contributed by atoms with Gasteiger partial charge in [0, 0.05) is 6.54 Å². The Balaban J connectivity index is 1.61. The fourth-order valence-corrected chi connectivity index (χ4v) is 2.52. The molecule has 0 heterocycles. The molecule has 1 aliphatic rings. The van der Waals surface area contributed by atoms with Gasteiger partial charge in [-0.25, -0.2) is 0 Å². The first kappa shape index (κ1) is 12.4. The summed E-state index contributed by atoms with van der Waals surface area (Å²) in [6.45, 7) is 2.19. The van der Waals surface area contributed by atoms with Crippen LogP contribution in [0.1, 0.15) is 37.7 Å². The van der Waals surface area contributed by atoms with Gasteiger partial charge in [-0.2, -0.15) is 0 Å². The van der Waals surface area contributed by atoms with E-state index in [1.54, 1.807) is 0 Å². The molecular formula is C16H23N. The lowest BCUT2D eigenvalue weighted by atomic mass is 9.89. The number of hydrogen-bond donors (Lipinski definition) is 1. The van der Waals surface area contributed by atoms with Crippen LogP contribution < -0.4 is 5.32 Å². The molecule has 0 aromatic heterocycles. The summed E-state index contributed by atoms with van der Waals surface area (Å²) < 4.78 is 0. The lowest BCUT2D eigenvalue weighted by molar-refractivity contribution is 0.347. The molecule has 2 rings (SSSR count). The number of nitrogens with one attached hydrogen (secondary N) is 1. The minimum absolute atomic E-state index is 0.925. The van der Waals surface area contributed by atoms with Crippen molar-refractivity contribution in [2.75, 3.05) is 13.1 Å². The number of rotatable bonds is 5. The highest BCUT2D eigenvalue weighted by molar-refractivity contribution is 5.48. The van der Waals surface area contributed by atoms with Crippen molar-refractivity contribution >= 4 is 6.08 Å². The maximum atomic E-state index is 3.54. The van der Waals surface area contributed by atoms with E-state index in [2.05, 4.69) is 47.8 Å². The Kier molecular flexibility index (Phi) is 5.31. The Morgan fingerprint density at radius 2 is 1.82 bits per heavy atom. The molecule has 0 aliphatic heterocycles. The molecular weight excluding hydrogens is 206 g/mol. The molecule has 1 aromatic rings. The largest absolute Gasteiger partial charge is 0.313 e. The standard InChI is InChI=1S/C16H23N/c1-3-8-15(9-4-1)12-7-13-17-14-16-10-5-2-6-11-16/h1,3-4,7-9,12,16-17H,2,5-6,10-11,13-14H2. The van der Waals surface area contributed by atoms with E-state index in [-0.39, 0.29) is 0 Å². The first-order valence-electron chi connectivity index (χ1n) is 6.87. The summed E-state index contributed by atoms with van der Waals surface area (Å²) in [6.07, 6.45) is 11.6. The molecule has 1 N–H and O–H groups in total. The van der Waals surface area contributed by atoms with Crippen LogP contribution in [0, 0.1) is 5.92 Å². The van der Waals surface area contributed by atoms with Gasteiger partial charge in [0.15, 0.2) is 0 Å². The molecule has 1 aromatic carbocycles. The highest BCUT2D eigenvalue weighted by Gasteiger charge is 2.11. The summed E-state index contributed by atoms with van der Waals surface area (Å²) in [4.78, 5) is 0. The molecule has 0 radical (unpaired) electrons. The van der Waals surface area contributed by atoms with Crippen molar-refractivity contribution in [3.63, 3.8) is 0 Å². The number of hydrogen-bond acceptors (Lipinski definition) is 1. The average Bonchev–Trinajstić information content (AvgIpc) is 2.41. The maximum absolute atomic E-state index is 3.54. The Morgan fingerprint density at radius 1 is 1.06 bits per heavy atom. The smallest absolute Gasteiger partial charge is 0.0138 e. The van der Waals surface area contributed by atoms with E-state index in [4.69, 9.17) is 0 Å². The SMILES string of the molecule is C(=Cc1ccccc1)CNCC1CCCCC1. The highest BCUT2D eigenvalue weighted by atomic mass is 14.8. The third-order valence-corrected chi connectivity index (χ3v) is 3.53. The zero-order valence-corrected chi connectivity index (χ0v) is 10.6. The van der Waals surface area contributed by atoms with Crippen LogP contribution in [0.25, 0.3) is 6.08 Å². The van der Waals surface area contributed by atoms with E-state index in [1.807, 2.05) is 0 Å². The summed E-state index contributed by atoms with van der Waals surface area (Å²) in [5.74, 6) is 0.925. The molecule has 1 saturated carbocycles. The van der Waals surface area contributed by atoms with Crippen molar-refractivity contribution in [1.29, 1.82) is 0 Å². The van der Waals surface area contributed by atoms with Crippen LogP contribution in [-0.4, -0.2) is 13.1 Å². The van der Waals surface area contributed by atoms with E-state index in [0.717, 1.165) is 12.5 Å². The quantitative estimate of drug-likeness (QED) is 0.756. The molecule has 0 spiro atoms. The van der Waals surface area contributed by atoms with Crippen molar-refractivity contribution < 1.29 is 0 Å². The Morgan fingerprint density at radius 3 is 2.59 bits per heavy atom. The first-order valence-corrected chi connectivity index (χ1v) is 6.87. The maximum Gasteiger partial charge on any atom is 0.0138 e. The van der Waals surface area contributed by atoms with Gasteiger partial charge in [0.1, 0.15) is 0 Å². The molecule has 0 atom stereocenters. The monoisotopic (exact) mass is 229 g/mol. The van der Waals surface area contributed by atoms with Crippen molar-refractivity contribution in [1.82, 2.24) is 5.32 Å². The molecule has 1 heteroatoms. The summed E-state index contributed by atoms with van der Waals surface area (Å²) >= 11 is 0. The molecule has 17 heavy (non-hydrogen) atoms. The average molecular weight is 229 g/mol. The van der Waals surface area contributed by atoms with Crippen molar-refractivity contribution in [2.45, 2.75) is 32.1 Å². The van der Waals surface area contributed by atoms with E-state index < -0.39 is 0 Å². The van der Waals surface area contributed by atoms with Crippen LogP contribution in [0.3, 0.4) is 0 Å². The van der Waals surface area contributed by atoms with Crippen LogP contribution in [0.15, 0.2) is 36.4 Å². The Hall–Kier alpha value is -1.08. The second-order valence-electron chi connectivity index (χ2n) is 4.98. The van der Waals surface area contributed by atoms with Crippen molar-refractivity contribution in [2.24, 2.45) is 5.92 Å². The van der Waals surface area contributed by atoms with Gasteiger partial charge in [-0.05, 0) is 30.9 Å². The van der Waals surface area contributed by atoms with Crippen LogP contribution >= 0.6 is 0 Å². The summed E-state index contributed by atoms with van der Waals surface area (Å²) in [5.41, 5.74) is 1.28. The zero-order chi connectivity index (χ0) is 11.8. The van der Waals surface area contributed by atoms with Gasteiger partial charge in [0.05, 0.1) is 0 Å². The Labute approximate surface area is 105 Å². The van der Waals surface area contributed by atoms with E-state index in [9.17, 15) is 0 Å². The number of benzene rings is 1. The van der Waals surface area contributed by atoms with Crippen LogP contribution in [0.4, 0.5) is 0 Å². The molecule has 1 nitrogen and oxygen atoms in total. The molecule has 1 aliphatic carbocycles. The van der Waals surface area contributed by atoms with Crippen LogP contribution in [0.2, 0.25) is 0 Å². The van der Waals surface area contributed by atoms with Gasteiger partial charge >= 0.3 is 0 Å². The fraction of sp³-hybridized carbons (Fsp3) is 0.500. The molecule has 1 fully saturated rings. The van der Waals surface area contributed by atoms with Crippen molar-refractivity contribution in [3.8, 4) is 0 Å². The van der Waals surface area contributed by atoms with Gasteiger partial charge in [0.25, 0.3) is 0 Å². The lowest BCUT2D eigenvalue weighted by Gasteiger charge is -2.21. The second-order valence-corrected chi connectivity index (χ2v) is 4.98. The summed E-state index contributed by atoms with van der Waals surface area (Å²) in [7, 11) is 0. The summed E-state index contributed by atoms with van der Waals surface area (Å²) in [6, 6.07) is 10.5. The molecule has 0 unspecified atom stereocenters. The highest BCUT2D eigenvalue weighted by Crippen LogP contribution is 2.22. The fourth-order valence-electron chi connectivity index (χ4n) is 2.52. The molecule has 92 valence electrons. The van der Waals surface area contributed by atoms with Crippen molar-refractivity contribution in [3.05, 3.63) is 42.0 Å².